The van der Waals surface area contributed by atoms with Gasteiger partial charge in [-0.1, -0.05) is 23.5 Å². The lowest BCUT2D eigenvalue weighted by Crippen LogP contribution is -2.37. The molecule has 0 spiro atoms. The molecule has 0 radical (unpaired) electrons. The molecule has 1 aliphatic heterocycles. The van der Waals surface area contributed by atoms with Gasteiger partial charge in [-0.3, -0.25) is 14.9 Å². The van der Waals surface area contributed by atoms with E-state index in [2.05, 4.69) is 20.8 Å². The number of imide groups is 1. The highest BCUT2D eigenvalue weighted by Crippen LogP contribution is 2.41. The number of piperidine rings is 1. The van der Waals surface area contributed by atoms with Crippen LogP contribution in [0.4, 0.5) is 5.69 Å². The van der Waals surface area contributed by atoms with E-state index < -0.39 is 0 Å². The molecule has 7 heteroatoms. The molecule has 124 valence electrons. The topological polar surface area (TPSA) is 84.0 Å². The van der Waals surface area contributed by atoms with Gasteiger partial charge in [-0.2, -0.15) is 0 Å². The first-order valence-corrected chi connectivity index (χ1v) is 8.98. The van der Waals surface area contributed by atoms with E-state index in [1.165, 1.54) is 12.8 Å². The smallest absolute Gasteiger partial charge is 0.227 e. The van der Waals surface area contributed by atoms with Crippen molar-refractivity contribution in [3.05, 3.63) is 39.8 Å². The number of rotatable bonds is 5. The lowest BCUT2D eigenvalue weighted by molar-refractivity contribution is -0.133. The van der Waals surface area contributed by atoms with Gasteiger partial charge in [0.25, 0.3) is 0 Å². The van der Waals surface area contributed by atoms with Gasteiger partial charge in [-0.05, 0) is 30.5 Å². The van der Waals surface area contributed by atoms with Gasteiger partial charge in [0.15, 0.2) is 0 Å². The van der Waals surface area contributed by atoms with Gasteiger partial charge in [-0.15, -0.1) is 10.2 Å². The Kier molecular flexibility index (Phi) is 4.02. The summed E-state index contributed by atoms with van der Waals surface area (Å²) in [5.74, 6) is 0.234. The van der Waals surface area contributed by atoms with E-state index in [4.69, 9.17) is 0 Å². The summed E-state index contributed by atoms with van der Waals surface area (Å²) in [7, 11) is 0. The zero-order valence-electron chi connectivity index (χ0n) is 13.1. The molecule has 2 aromatic rings. The molecule has 2 heterocycles. The number of aromatic nitrogens is 2. The molecule has 24 heavy (non-hydrogen) atoms. The molecular formula is C17H18N4O2S. The number of carbonyl (C=O) groups is 2. The Morgan fingerprint density at radius 2 is 1.75 bits per heavy atom. The monoisotopic (exact) mass is 342 g/mol. The zero-order chi connectivity index (χ0) is 16.5. The van der Waals surface area contributed by atoms with Gasteiger partial charge in [0.2, 0.25) is 11.8 Å². The lowest BCUT2D eigenvalue weighted by atomic mass is 9.89. The first kappa shape index (κ1) is 15.3. The van der Waals surface area contributed by atoms with Crippen LogP contribution in [0.3, 0.4) is 0 Å². The van der Waals surface area contributed by atoms with E-state index in [0.29, 0.717) is 25.3 Å². The summed E-state index contributed by atoms with van der Waals surface area (Å²) in [6.07, 6.45) is 3.22. The maximum atomic E-state index is 11.5. The van der Waals surface area contributed by atoms with E-state index in [1.807, 2.05) is 24.3 Å². The number of nitrogens with one attached hydrogen (secondary N) is 2. The van der Waals surface area contributed by atoms with Gasteiger partial charge < -0.3 is 5.32 Å². The molecule has 4 rings (SSSR count). The molecule has 2 aliphatic rings. The molecule has 2 N–H and O–H groups in total. The molecule has 1 aliphatic carbocycles. The summed E-state index contributed by atoms with van der Waals surface area (Å²) in [5, 5.41) is 16.3. The lowest BCUT2D eigenvalue weighted by Gasteiger charge is -2.21. The highest BCUT2D eigenvalue weighted by Gasteiger charge is 2.27. The molecular weight excluding hydrogens is 324 g/mol. The SMILES string of the molecule is O=C1CC(c2ccc(NCc3nnc(C4CC4)s3)cc2)CC(=O)N1. The Balaban J connectivity index is 1.36. The van der Waals surface area contributed by atoms with Crippen LogP contribution in [0.2, 0.25) is 0 Å². The number of amides is 2. The summed E-state index contributed by atoms with van der Waals surface area (Å²) >= 11 is 1.68. The van der Waals surface area contributed by atoms with E-state index in [9.17, 15) is 9.59 Å². The fourth-order valence-electron chi connectivity index (χ4n) is 2.90. The molecule has 2 fully saturated rings. The van der Waals surface area contributed by atoms with E-state index in [0.717, 1.165) is 21.3 Å². The third-order valence-corrected chi connectivity index (χ3v) is 5.46. The Bertz CT molecular complexity index is 751. The van der Waals surface area contributed by atoms with Crippen molar-refractivity contribution in [2.24, 2.45) is 0 Å². The third kappa shape index (κ3) is 3.46. The quantitative estimate of drug-likeness (QED) is 0.816. The van der Waals surface area contributed by atoms with Crippen LogP contribution in [-0.4, -0.2) is 22.0 Å². The van der Waals surface area contributed by atoms with Crippen molar-refractivity contribution in [2.45, 2.75) is 44.1 Å². The largest absolute Gasteiger partial charge is 0.378 e. The van der Waals surface area contributed by atoms with Gasteiger partial charge in [-0.25, -0.2) is 0 Å². The van der Waals surface area contributed by atoms with E-state index in [1.54, 1.807) is 11.3 Å². The molecule has 0 unspecified atom stereocenters. The first-order chi connectivity index (χ1) is 11.7. The summed E-state index contributed by atoms with van der Waals surface area (Å²) in [6, 6.07) is 7.92. The Morgan fingerprint density at radius 3 is 2.42 bits per heavy atom. The highest BCUT2D eigenvalue weighted by atomic mass is 32.1. The number of carbonyl (C=O) groups excluding carboxylic acids is 2. The van der Waals surface area contributed by atoms with Gasteiger partial charge in [0.1, 0.15) is 10.0 Å². The number of benzene rings is 1. The van der Waals surface area contributed by atoms with Crippen LogP contribution >= 0.6 is 11.3 Å². The molecule has 1 saturated heterocycles. The second-order valence-electron chi connectivity index (χ2n) is 6.36. The Labute approximate surface area is 143 Å². The summed E-state index contributed by atoms with van der Waals surface area (Å²) in [4.78, 5) is 23.0. The average molecular weight is 342 g/mol. The second kappa shape index (κ2) is 6.32. The van der Waals surface area contributed by atoms with Crippen LogP contribution in [0.15, 0.2) is 24.3 Å². The van der Waals surface area contributed by atoms with E-state index >= 15 is 0 Å². The van der Waals surface area contributed by atoms with Crippen molar-refractivity contribution in [3.63, 3.8) is 0 Å². The molecule has 1 aromatic heterocycles. The van der Waals surface area contributed by atoms with Crippen LogP contribution in [-0.2, 0) is 16.1 Å². The number of nitrogens with zero attached hydrogens (tertiary/aromatic N) is 2. The molecule has 0 bridgehead atoms. The Morgan fingerprint density at radius 1 is 1.04 bits per heavy atom. The van der Waals surface area contributed by atoms with Crippen molar-refractivity contribution in [1.82, 2.24) is 15.5 Å². The second-order valence-corrected chi connectivity index (χ2v) is 7.45. The highest BCUT2D eigenvalue weighted by molar-refractivity contribution is 7.11. The zero-order valence-corrected chi connectivity index (χ0v) is 13.9. The molecule has 1 aromatic carbocycles. The predicted molar refractivity (Wildman–Crippen MR) is 90.8 cm³/mol. The van der Waals surface area contributed by atoms with Crippen LogP contribution in [0.1, 0.15) is 53.1 Å². The van der Waals surface area contributed by atoms with E-state index in [-0.39, 0.29) is 17.7 Å². The molecule has 0 atom stereocenters. The minimum absolute atomic E-state index is 0.0236. The predicted octanol–water partition coefficient (Wildman–Crippen LogP) is 2.55. The normalized spacial score (nSPS) is 18.5. The number of hydrogen-bond donors (Lipinski definition) is 2. The van der Waals surface area contributed by atoms with Gasteiger partial charge >= 0.3 is 0 Å². The van der Waals surface area contributed by atoms with Crippen molar-refractivity contribution < 1.29 is 9.59 Å². The first-order valence-electron chi connectivity index (χ1n) is 8.16. The molecule has 6 nitrogen and oxygen atoms in total. The van der Waals surface area contributed by atoms with Crippen molar-refractivity contribution in [3.8, 4) is 0 Å². The van der Waals surface area contributed by atoms with Crippen LogP contribution in [0, 0.1) is 0 Å². The van der Waals surface area contributed by atoms with Crippen molar-refractivity contribution in [2.75, 3.05) is 5.32 Å². The van der Waals surface area contributed by atoms with Crippen LogP contribution in [0.25, 0.3) is 0 Å². The standard InChI is InChI=1S/C17H18N4O2S/c22-14-7-12(8-15(23)19-14)10-3-5-13(6-4-10)18-9-16-20-21-17(24-16)11-1-2-11/h3-6,11-12,18H,1-2,7-9H2,(H,19,22,23). The number of hydrogen-bond acceptors (Lipinski definition) is 6. The van der Waals surface area contributed by atoms with Crippen molar-refractivity contribution >= 4 is 28.8 Å². The average Bonchev–Trinajstić information content (AvgIpc) is 3.31. The van der Waals surface area contributed by atoms with Gasteiger partial charge in [0.05, 0.1) is 6.54 Å². The van der Waals surface area contributed by atoms with Crippen molar-refractivity contribution in [1.29, 1.82) is 0 Å². The summed E-state index contributed by atoms with van der Waals surface area (Å²) in [5.41, 5.74) is 2.02. The molecule has 1 saturated carbocycles. The minimum atomic E-state index is -0.193. The fraction of sp³-hybridized carbons (Fsp3) is 0.412. The minimum Gasteiger partial charge on any atom is -0.378 e. The van der Waals surface area contributed by atoms with Gasteiger partial charge in [0, 0.05) is 30.4 Å². The number of anilines is 1. The summed E-state index contributed by atoms with van der Waals surface area (Å²) in [6.45, 7) is 0.661. The Hall–Kier alpha value is -2.28. The maximum Gasteiger partial charge on any atom is 0.227 e. The maximum absolute atomic E-state index is 11.5. The fourth-order valence-corrected chi connectivity index (χ4v) is 3.85. The van der Waals surface area contributed by atoms with Crippen LogP contribution in [0.5, 0.6) is 0 Å². The van der Waals surface area contributed by atoms with Crippen LogP contribution < -0.4 is 10.6 Å². The summed E-state index contributed by atoms with van der Waals surface area (Å²) < 4.78 is 0. The molecule has 2 amide bonds. The third-order valence-electron chi connectivity index (χ3n) is 4.38.